The van der Waals surface area contributed by atoms with Gasteiger partial charge in [0.15, 0.2) is 0 Å². The summed E-state index contributed by atoms with van der Waals surface area (Å²) in [4.78, 5) is 24.5. The zero-order valence-corrected chi connectivity index (χ0v) is 15.8. The smallest absolute Gasteiger partial charge is 0.251 e. The van der Waals surface area contributed by atoms with E-state index in [9.17, 15) is 18.0 Å². The van der Waals surface area contributed by atoms with Gasteiger partial charge in [0.05, 0.1) is 24.5 Å². The van der Waals surface area contributed by atoms with Gasteiger partial charge in [-0.15, -0.1) is 0 Å². The minimum atomic E-state index is -3.66. The number of rotatable bonds is 5. The lowest BCUT2D eigenvalue weighted by atomic mass is 10.1. The first kappa shape index (κ1) is 18.9. The summed E-state index contributed by atoms with van der Waals surface area (Å²) in [5, 5.41) is 2.79. The number of carbonyl (C=O) groups excluding carboxylic acids is 2. The quantitative estimate of drug-likeness (QED) is 0.845. The summed E-state index contributed by atoms with van der Waals surface area (Å²) in [6.45, 7) is 1.88. The number of anilines is 1. The van der Waals surface area contributed by atoms with Crippen molar-refractivity contribution < 1.29 is 22.7 Å². The van der Waals surface area contributed by atoms with E-state index in [-0.39, 0.29) is 17.3 Å². The first-order valence-electron chi connectivity index (χ1n) is 8.40. The number of amides is 2. The van der Waals surface area contributed by atoms with E-state index in [1.54, 1.807) is 14.0 Å². The van der Waals surface area contributed by atoms with E-state index in [1.165, 1.54) is 24.3 Å². The van der Waals surface area contributed by atoms with Crippen LogP contribution >= 0.6 is 0 Å². The van der Waals surface area contributed by atoms with Gasteiger partial charge in [0.1, 0.15) is 5.75 Å². The zero-order chi connectivity index (χ0) is 19.6. The highest BCUT2D eigenvalue weighted by molar-refractivity contribution is 7.94. The van der Waals surface area contributed by atoms with Crippen LogP contribution in [0.15, 0.2) is 48.5 Å². The van der Waals surface area contributed by atoms with Gasteiger partial charge in [-0.25, -0.2) is 12.7 Å². The summed E-state index contributed by atoms with van der Waals surface area (Å²) in [6.07, 6.45) is 0. The maximum Gasteiger partial charge on any atom is 0.251 e. The predicted molar refractivity (Wildman–Crippen MR) is 101 cm³/mol. The molecule has 0 aromatic heterocycles. The molecule has 0 spiro atoms. The second-order valence-corrected chi connectivity index (χ2v) is 8.19. The van der Waals surface area contributed by atoms with E-state index >= 15 is 0 Å². The molecule has 1 N–H and O–H groups in total. The molecule has 1 saturated heterocycles. The third-order valence-corrected chi connectivity index (χ3v) is 6.22. The van der Waals surface area contributed by atoms with Crippen LogP contribution in [0.25, 0.3) is 0 Å². The molecule has 2 aromatic carbocycles. The molecule has 8 heteroatoms. The van der Waals surface area contributed by atoms with Crippen molar-refractivity contribution in [1.82, 2.24) is 5.32 Å². The average Bonchev–Trinajstić information content (AvgIpc) is 2.87. The van der Waals surface area contributed by atoms with Crippen molar-refractivity contribution in [1.29, 1.82) is 0 Å². The Labute approximate surface area is 158 Å². The van der Waals surface area contributed by atoms with Gasteiger partial charge in [0.2, 0.25) is 15.9 Å². The molecule has 1 atom stereocenters. The zero-order valence-electron chi connectivity index (χ0n) is 15.0. The van der Waals surface area contributed by atoms with E-state index < -0.39 is 21.8 Å². The molecule has 7 nitrogen and oxygen atoms in total. The topological polar surface area (TPSA) is 92.8 Å². The average molecular weight is 388 g/mol. The number of para-hydroxylation sites is 1. The van der Waals surface area contributed by atoms with E-state index in [1.807, 2.05) is 24.3 Å². The van der Waals surface area contributed by atoms with Gasteiger partial charge < -0.3 is 10.1 Å². The molecular formula is C19H20N2O5S. The number of nitrogens with one attached hydrogen (secondary N) is 1. The largest absolute Gasteiger partial charge is 0.496 e. The lowest BCUT2D eigenvalue weighted by molar-refractivity contribution is -0.119. The Balaban J connectivity index is 1.72. The molecule has 142 valence electrons. The molecular weight excluding hydrogens is 368 g/mol. The van der Waals surface area contributed by atoms with Gasteiger partial charge in [0, 0.05) is 17.7 Å². The fraction of sp³-hybridized carbons (Fsp3) is 0.263. The van der Waals surface area contributed by atoms with Crippen LogP contribution < -0.4 is 14.4 Å². The molecule has 27 heavy (non-hydrogen) atoms. The summed E-state index contributed by atoms with van der Waals surface area (Å²) in [5.74, 6) is -0.855. The summed E-state index contributed by atoms with van der Waals surface area (Å²) in [5.41, 5.74) is 1.45. The molecule has 1 heterocycles. The molecule has 2 amide bonds. The van der Waals surface area contributed by atoms with Gasteiger partial charge >= 0.3 is 0 Å². The maximum absolute atomic E-state index is 12.3. The lowest BCUT2D eigenvalue weighted by Gasteiger charge is -2.15. The van der Waals surface area contributed by atoms with Gasteiger partial charge in [-0.1, -0.05) is 25.1 Å². The number of hydrogen-bond acceptors (Lipinski definition) is 5. The molecule has 2 aromatic rings. The number of methoxy groups -OCH3 is 1. The Bertz CT molecular complexity index is 970. The molecule has 1 aliphatic rings. The van der Waals surface area contributed by atoms with Crippen molar-refractivity contribution >= 4 is 27.5 Å². The van der Waals surface area contributed by atoms with Crippen molar-refractivity contribution in [3.8, 4) is 5.75 Å². The number of sulfonamides is 1. The number of benzene rings is 2. The molecule has 0 bridgehead atoms. The number of carbonyl (C=O) groups is 2. The highest BCUT2D eigenvalue weighted by Crippen LogP contribution is 2.28. The molecule has 1 fully saturated rings. The van der Waals surface area contributed by atoms with Crippen LogP contribution in [-0.4, -0.2) is 33.1 Å². The molecule has 3 rings (SSSR count). The highest BCUT2D eigenvalue weighted by Gasteiger charge is 2.41. The second-order valence-electron chi connectivity index (χ2n) is 6.32. The van der Waals surface area contributed by atoms with Crippen LogP contribution in [0.3, 0.4) is 0 Å². The van der Waals surface area contributed by atoms with Crippen LogP contribution in [0.4, 0.5) is 5.69 Å². The van der Waals surface area contributed by atoms with Gasteiger partial charge in [0.25, 0.3) is 5.91 Å². The molecule has 1 aliphatic heterocycles. The van der Waals surface area contributed by atoms with Crippen LogP contribution in [0.5, 0.6) is 5.75 Å². The molecule has 0 radical (unpaired) electrons. The highest BCUT2D eigenvalue weighted by atomic mass is 32.2. The number of nitrogens with zero attached hydrogens (tertiary/aromatic N) is 1. The van der Waals surface area contributed by atoms with Gasteiger partial charge in [-0.05, 0) is 30.3 Å². The van der Waals surface area contributed by atoms with Crippen molar-refractivity contribution in [2.24, 2.45) is 5.92 Å². The monoisotopic (exact) mass is 388 g/mol. The molecule has 1 unspecified atom stereocenters. The first-order chi connectivity index (χ1) is 12.8. The van der Waals surface area contributed by atoms with E-state index in [0.717, 1.165) is 9.87 Å². The standard InChI is InChI=1S/C19H20N2O5S/c1-13-12-27(24,25)21(19(13)23)16-9-7-14(8-10-16)18(22)20-11-15-5-3-4-6-17(15)26-2/h3-10,13H,11-12H2,1-2H3,(H,20,22). The fourth-order valence-corrected chi connectivity index (χ4v) is 4.78. The first-order valence-corrected chi connectivity index (χ1v) is 10.0. The van der Waals surface area contributed by atoms with E-state index in [2.05, 4.69) is 5.32 Å². The third-order valence-electron chi connectivity index (χ3n) is 4.36. The summed E-state index contributed by atoms with van der Waals surface area (Å²) >= 11 is 0. The number of ether oxygens (including phenoxy) is 1. The minimum Gasteiger partial charge on any atom is -0.496 e. The number of hydrogen-bond donors (Lipinski definition) is 1. The second kappa shape index (κ2) is 7.40. The fourth-order valence-electron chi connectivity index (χ4n) is 2.96. The Hall–Kier alpha value is -2.87. The van der Waals surface area contributed by atoms with E-state index in [4.69, 9.17) is 4.74 Å². The molecule has 0 saturated carbocycles. The van der Waals surface area contributed by atoms with Crippen LogP contribution in [0.2, 0.25) is 0 Å². The summed E-state index contributed by atoms with van der Waals surface area (Å²) in [7, 11) is -2.09. The van der Waals surface area contributed by atoms with Crippen molar-refractivity contribution in [3.63, 3.8) is 0 Å². The molecule has 0 aliphatic carbocycles. The van der Waals surface area contributed by atoms with Crippen LogP contribution in [-0.2, 0) is 21.4 Å². The predicted octanol–water partition coefficient (Wildman–Crippen LogP) is 1.94. The van der Waals surface area contributed by atoms with Crippen LogP contribution in [0, 0.1) is 5.92 Å². The van der Waals surface area contributed by atoms with Gasteiger partial charge in [-0.3, -0.25) is 9.59 Å². The Morgan fingerprint density at radius 2 is 1.85 bits per heavy atom. The van der Waals surface area contributed by atoms with Crippen molar-refractivity contribution in [3.05, 3.63) is 59.7 Å². The normalized spacial score (nSPS) is 18.4. The van der Waals surface area contributed by atoms with Crippen molar-refractivity contribution in [2.45, 2.75) is 13.5 Å². The van der Waals surface area contributed by atoms with Crippen LogP contribution in [0.1, 0.15) is 22.8 Å². The Morgan fingerprint density at radius 3 is 2.44 bits per heavy atom. The van der Waals surface area contributed by atoms with Gasteiger partial charge in [-0.2, -0.15) is 0 Å². The van der Waals surface area contributed by atoms with E-state index in [0.29, 0.717) is 17.9 Å². The Kier molecular flexibility index (Phi) is 5.18. The summed E-state index contributed by atoms with van der Waals surface area (Å²) in [6, 6.07) is 13.3. The maximum atomic E-state index is 12.3. The SMILES string of the molecule is COc1ccccc1CNC(=O)c1ccc(N2C(=O)C(C)CS2(=O)=O)cc1. The van der Waals surface area contributed by atoms with Crippen molar-refractivity contribution in [2.75, 3.05) is 17.2 Å². The third kappa shape index (κ3) is 3.80. The summed E-state index contributed by atoms with van der Waals surface area (Å²) < 4.78 is 30.3. The lowest BCUT2D eigenvalue weighted by Crippen LogP contribution is -2.30. The minimum absolute atomic E-state index is 0.201. The Morgan fingerprint density at radius 1 is 1.19 bits per heavy atom.